The zero-order valence-corrected chi connectivity index (χ0v) is 26.6. The Hall–Kier alpha value is -3.63. The van der Waals surface area contributed by atoms with Gasteiger partial charge in [-0.15, -0.1) is 0 Å². The van der Waals surface area contributed by atoms with Crippen molar-refractivity contribution in [2.75, 3.05) is 20.6 Å². The molecule has 0 saturated carbocycles. The Morgan fingerprint density at radius 1 is 0.756 bits per heavy atom. The maximum Gasteiger partial charge on any atom is 0.237 e. The number of carbonyl (C=O) groups excluding carboxylic acids is 2. The number of benzene rings is 3. The quantitative estimate of drug-likeness (QED) is 0.0731. The van der Waals surface area contributed by atoms with E-state index in [4.69, 9.17) is 0 Å². The molecular formula is C35H44F5N3O2. The minimum absolute atomic E-state index is 0.0851. The van der Waals surface area contributed by atoms with Crippen LogP contribution in [-0.4, -0.2) is 44.4 Å². The van der Waals surface area contributed by atoms with Gasteiger partial charge in [0.05, 0.1) is 12.1 Å². The highest BCUT2D eigenvalue weighted by Crippen LogP contribution is 2.24. The van der Waals surface area contributed by atoms with Crippen LogP contribution in [0.5, 0.6) is 0 Å². The van der Waals surface area contributed by atoms with E-state index >= 15 is 0 Å². The molecule has 1 amide bonds. The first-order chi connectivity index (χ1) is 21.5. The van der Waals surface area contributed by atoms with Gasteiger partial charge in [-0.3, -0.25) is 9.59 Å². The summed E-state index contributed by atoms with van der Waals surface area (Å²) in [5.74, 6) is -10.2. The monoisotopic (exact) mass is 633 g/mol. The van der Waals surface area contributed by atoms with Gasteiger partial charge in [0.15, 0.2) is 23.3 Å². The third-order valence-corrected chi connectivity index (χ3v) is 7.68. The van der Waals surface area contributed by atoms with E-state index in [1.54, 1.807) is 14.0 Å². The van der Waals surface area contributed by atoms with E-state index in [0.717, 1.165) is 28.7 Å². The van der Waals surface area contributed by atoms with Gasteiger partial charge in [-0.2, -0.15) is 0 Å². The van der Waals surface area contributed by atoms with Crippen LogP contribution in [-0.2, 0) is 22.4 Å². The highest BCUT2D eigenvalue weighted by Gasteiger charge is 2.25. The number of nitrogens with one attached hydrogen (secondary N) is 3. The molecule has 0 radical (unpaired) electrons. The summed E-state index contributed by atoms with van der Waals surface area (Å²) < 4.78 is 67.3. The fourth-order valence-electron chi connectivity index (χ4n) is 4.91. The van der Waals surface area contributed by atoms with Crippen LogP contribution in [0.4, 0.5) is 22.0 Å². The highest BCUT2D eigenvalue weighted by molar-refractivity contribution is 5.82. The summed E-state index contributed by atoms with van der Waals surface area (Å²) >= 11 is 0. The molecule has 0 fully saturated rings. The smallest absolute Gasteiger partial charge is 0.237 e. The molecule has 0 saturated heterocycles. The number of ketones is 1. The van der Waals surface area contributed by atoms with Crippen LogP contribution in [0, 0.1) is 36.0 Å². The number of rotatable bonds is 15. The predicted octanol–water partition coefficient (Wildman–Crippen LogP) is 6.98. The number of hydrogen-bond acceptors (Lipinski definition) is 4. The van der Waals surface area contributed by atoms with Gasteiger partial charge in [-0.25, -0.2) is 22.0 Å². The van der Waals surface area contributed by atoms with Crippen molar-refractivity contribution < 1.29 is 31.5 Å². The summed E-state index contributed by atoms with van der Waals surface area (Å²) in [5, 5.41) is 8.38. The van der Waals surface area contributed by atoms with Crippen molar-refractivity contribution >= 4 is 11.7 Å². The summed E-state index contributed by atoms with van der Waals surface area (Å²) in [4.78, 5) is 23.5. The average Bonchev–Trinajstić information content (AvgIpc) is 3.04. The van der Waals surface area contributed by atoms with Gasteiger partial charge in [0.2, 0.25) is 11.7 Å². The van der Waals surface area contributed by atoms with Crippen molar-refractivity contribution in [3.8, 4) is 11.1 Å². The van der Waals surface area contributed by atoms with Crippen LogP contribution in [0.1, 0.15) is 62.6 Å². The first-order valence-electron chi connectivity index (χ1n) is 15.2. The zero-order chi connectivity index (χ0) is 33.5. The topological polar surface area (TPSA) is 70.2 Å². The van der Waals surface area contributed by atoms with Crippen LogP contribution in [0.15, 0.2) is 48.5 Å². The maximum atomic E-state index is 13.8. The van der Waals surface area contributed by atoms with Gasteiger partial charge in [0, 0.05) is 12.1 Å². The van der Waals surface area contributed by atoms with E-state index in [0.29, 0.717) is 6.42 Å². The molecule has 5 nitrogen and oxygen atoms in total. The fourth-order valence-corrected chi connectivity index (χ4v) is 4.91. The zero-order valence-electron chi connectivity index (χ0n) is 26.6. The largest absolute Gasteiger partial charge is 0.354 e. The van der Waals surface area contributed by atoms with Gasteiger partial charge >= 0.3 is 0 Å². The molecule has 0 aliphatic rings. The van der Waals surface area contributed by atoms with E-state index < -0.39 is 53.0 Å². The Bertz CT molecular complexity index is 1370. The predicted molar refractivity (Wildman–Crippen MR) is 168 cm³/mol. The number of aryl methyl sites for hydroxylation is 1. The summed E-state index contributed by atoms with van der Waals surface area (Å²) in [6.07, 6.45) is 5.75. The third kappa shape index (κ3) is 11.0. The molecule has 10 heteroatoms. The molecule has 0 spiro atoms. The molecule has 0 aromatic heterocycles. The summed E-state index contributed by atoms with van der Waals surface area (Å²) in [7, 11) is 3.45. The first kappa shape index (κ1) is 37.6. The van der Waals surface area contributed by atoms with Gasteiger partial charge in [0.1, 0.15) is 5.78 Å². The molecular weight excluding hydrogens is 589 g/mol. The first-order valence-corrected chi connectivity index (χ1v) is 15.2. The lowest BCUT2D eigenvalue weighted by Gasteiger charge is -2.17. The Balaban J connectivity index is 0.000000498. The Kier molecular flexibility index (Phi) is 15.9. The summed E-state index contributed by atoms with van der Waals surface area (Å²) in [6, 6.07) is 15.2. The molecule has 0 heterocycles. The van der Waals surface area contributed by atoms with E-state index in [1.165, 1.54) is 25.7 Å². The average molecular weight is 634 g/mol. The van der Waals surface area contributed by atoms with Gasteiger partial charge in [0.25, 0.3) is 0 Å². The van der Waals surface area contributed by atoms with Crippen LogP contribution < -0.4 is 16.0 Å². The second-order valence-electron chi connectivity index (χ2n) is 10.9. The molecule has 2 atom stereocenters. The van der Waals surface area contributed by atoms with E-state index in [2.05, 4.69) is 22.9 Å². The van der Waals surface area contributed by atoms with Gasteiger partial charge < -0.3 is 16.0 Å². The number of amides is 1. The van der Waals surface area contributed by atoms with E-state index in [-0.39, 0.29) is 18.4 Å². The Morgan fingerprint density at radius 2 is 1.33 bits per heavy atom. The SMILES string of the molecule is CCCCCC[C@H](NC)C(C)=O.CN[C@@H](Cc1ccc(-c2ccccc2C)cc1)C(=O)NCCc1c(F)c(F)c(F)c(F)c1F. The third-order valence-electron chi connectivity index (χ3n) is 7.68. The number of hydrogen-bond donors (Lipinski definition) is 3. The minimum Gasteiger partial charge on any atom is -0.354 e. The number of likely N-dealkylation sites (N-methyl/N-ethyl adjacent to an activating group) is 2. The second kappa shape index (κ2) is 19.0. The lowest BCUT2D eigenvalue weighted by Crippen LogP contribution is -2.44. The Morgan fingerprint density at radius 3 is 1.87 bits per heavy atom. The normalized spacial score (nSPS) is 12.2. The van der Waals surface area contributed by atoms with Crippen LogP contribution in [0.25, 0.3) is 11.1 Å². The molecule has 3 aromatic carbocycles. The molecule has 0 aliphatic carbocycles. The summed E-state index contributed by atoms with van der Waals surface area (Å²) in [5.41, 5.74) is 3.23. The van der Waals surface area contributed by atoms with Crippen molar-refractivity contribution in [2.45, 2.75) is 77.8 Å². The van der Waals surface area contributed by atoms with Crippen molar-refractivity contribution in [2.24, 2.45) is 0 Å². The minimum atomic E-state index is -2.21. The lowest BCUT2D eigenvalue weighted by atomic mass is 9.97. The molecule has 0 unspecified atom stereocenters. The van der Waals surface area contributed by atoms with Gasteiger partial charge in [-0.05, 0) is 69.5 Å². The Labute approximate surface area is 263 Å². The van der Waals surface area contributed by atoms with Crippen molar-refractivity contribution in [3.63, 3.8) is 0 Å². The van der Waals surface area contributed by atoms with Crippen LogP contribution >= 0.6 is 0 Å². The maximum absolute atomic E-state index is 13.8. The molecule has 0 aliphatic heterocycles. The summed E-state index contributed by atoms with van der Waals surface area (Å²) in [6.45, 7) is 5.58. The van der Waals surface area contributed by atoms with Crippen molar-refractivity contribution in [3.05, 3.63) is 94.3 Å². The molecule has 246 valence electrons. The van der Waals surface area contributed by atoms with Gasteiger partial charge in [-0.1, -0.05) is 81.1 Å². The van der Waals surface area contributed by atoms with E-state index in [1.807, 2.05) is 62.5 Å². The molecule has 3 N–H and O–H groups in total. The number of Topliss-reactive ketones (excluding diaryl/α,β-unsaturated/α-hetero) is 1. The lowest BCUT2D eigenvalue weighted by molar-refractivity contribution is -0.123. The highest BCUT2D eigenvalue weighted by atomic mass is 19.2. The number of carbonyl (C=O) groups is 2. The van der Waals surface area contributed by atoms with Crippen molar-refractivity contribution in [1.29, 1.82) is 0 Å². The molecule has 3 rings (SSSR count). The fraction of sp³-hybridized carbons (Fsp3) is 0.429. The second-order valence-corrected chi connectivity index (χ2v) is 10.9. The number of halogens is 5. The standard InChI is InChI=1S/C25H23F5N2O.C10H21NO/c1-14-5-3-4-6-17(14)16-9-7-15(8-10-16)13-19(31-2)25(33)32-12-11-18-20(26)22(28)24(30)23(29)21(18)27;1-4-5-6-7-8-10(11-3)9(2)12/h3-10,19,31H,11-13H2,1-2H3,(H,32,33);10-11H,4-8H2,1-3H3/t19-;10-/m00/s1. The van der Waals surface area contributed by atoms with Crippen molar-refractivity contribution in [1.82, 2.24) is 16.0 Å². The van der Waals surface area contributed by atoms with E-state index in [9.17, 15) is 31.5 Å². The molecule has 45 heavy (non-hydrogen) atoms. The number of unbranched alkanes of at least 4 members (excludes halogenated alkanes) is 3. The molecule has 0 bridgehead atoms. The van der Waals surface area contributed by atoms with Crippen LogP contribution in [0.2, 0.25) is 0 Å². The molecule has 3 aromatic rings. The van der Waals surface area contributed by atoms with Crippen LogP contribution in [0.3, 0.4) is 0 Å².